The molecule has 7 nitrogen and oxygen atoms in total. The normalized spacial score (nSPS) is 18.4. The van der Waals surface area contributed by atoms with E-state index in [9.17, 15) is 14.7 Å². The van der Waals surface area contributed by atoms with Crippen molar-refractivity contribution in [3.63, 3.8) is 0 Å². The number of likely N-dealkylation sites (tertiary alicyclic amines) is 1. The van der Waals surface area contributed by atoms with Crippen LogP contribution in [0.25, 0.3) is 11.1 Å². The van der Waals surface area contributed by atoms with E-state index in [2.05, 4.69) is 16.3 Å². The van der Waals surface area contributed by atoms with Crippen LogP contribution in [-0.4, -0.2) is 78.0 Å². The zero-order chi connectivity index (χ0) is 29.6. The molecule has 8 heteroatoms. The molecule has 1 saturated carbocycles. The van der Waals surface area contributed by atoms with Gasteiger partial charge in [0.15, 0.2) is 0 Å². The lowest BCUT2D eigenvalue weighted by atomic mass is 9.90. The fourth-order valence-corrected chi connectivity index (χ4v) is 6.44. The lowest BCUT2D eigenvalue weighted by Gasteiger charge is -2.27. The summed E-state index contributed by atoms with van der Waals surface area (Å²) in [5, 5.41) is 19.4. The number of benzene rings is 2. The molecule has 1 heterocycles. The number of amides is 1. The van der Waals surface area contributed by atoms with Gasteiger partial charge >= 0.3 is 5.97 Å². The Morgan fingerprint density at radius 3 is 2.49 bits per heavy atom. The summed E-state index contributed by atoms with van der Waals surface area (Å²) >= 11 is 1.57. The van der Waals surface area contributed by atoms with Gasteiger partial charge in [-0.3, -0.25) is 9.69 Å². The molecule has 2 fully saturated rings. The van der Waals surface area contributed by atoms with Crippen molar-refractivity contribution in [2.75, 3.05) is 38.9 Å². The Morgan fingerprint density at radius 2 is 1.78 bits per heavy atom. The molecule has 2 aromatic rings. The smallest absolute Gasteiger partial charge is 0.326 e. The predicted molar refractivity (Wildman–Crippen MR) is 167 cm³/mol. The maximum atomic E-state index is 13.4. The second kappa shape index (κ2) is 17.5. The van der Waals surface area contributed by atoms with Crippen molar-refractivity contribution in [1.82, 2.24) is 10.2 Å². The molecule has 1 aliphatic carbocycles. The molecule has 1 aliphatic heterocycles. The highest BCUT2D eigenvalue weighted by molar-refractivity contribution is 7.98. The molecule has 2 aliphatic rings. The average Bonchev–Trinajstić information content (AvgIpc) is 3.43. The van der Waals surface area contributed by atoms with Gasteiger partial charge in [0.05, 0.1) is 6.61 Å². The molecular weight excluding hydrogens is 536 g/mol. The van der Waals surface area contributed by atoms with Gasteiger partial charge in [-0.1, -0.05) is 49.6 Å². The number of ether oxygens (including phenoxy) is 1. The summed E-state index contributed by atoms with van der Waals surface area (Å²) in [4.78, 5) is 27.7. The monoisotopic (exact) mass is 584 g/mol. The van der Waals surface area contributed by atoms with E-state index in [4.69, 9.17) is 9.84 Å². The van der Waals surface area contributed by atoms with Crippen LogP contribution in [0.15, 0.2) is 42.5 Å². The van der Waals surface area contributed by atoms with E-state index >= 15 is 0 Å². The van der Waals surface area contributed by atoms with Crippen molar-refractivity contribution in [2.45, 2.75) is 76.9 Å². The first-order chi connectivity index (χ1) is 20.0. The van der Waals surface area contributed by atoms with E-state index in [0.717, 1.165) is 68.0 Å². The van der Waals surface area contributed by atoms with Crippen LogP contribution in [0.2, 0.25) is 0 Å². The molecule has 0 bridgehead atoms. The predicted octanol–water partition coefficient (Wildman–Crippen LogP) is 5.77. The van der Waals surface area contributed by atoms with E-state index in [1.807, 2.05) is 49.6 Å². The number of aliphatic hydroxyl groups is 1. The third-order valence-corrected chi connectivity index (χ3v) is 8.90. The van der Waals surface area contributed by atoms with Crippen molar-refractivity contribution < 1.29 is 24.5 Å². The molecule has 226 valence electrons. The molecule has 0 spiro atoms. The number of carbonyl (C=O) groups is 2. The number of thioether (sulfide) groups is 1. The van der Waals surface area contributed by atoms with Gasteiger partial charge < -0.3 is 20.3 Å². The molecule has 4 rings (SSSR count). The lowest BCUT2D eigenvalue weighted by molar-refractivity contribution is -0.139. The molecule has 1 amide bonds. The van der Waals surface area contributed by atoms with Crippen LogP contribution in [0.1, 0.15) is 72.9 Å². The van der Waals surface area contributed by atoms with Crippen LogP contribution < -0.4 is 5.32 Å². The molecule has 0 radical (unpaired) electrons. The van der Waals surface area contributed by atoms with E-state index < -0.39 is 12.0 Å². The minimum atomic E-state index is -1.00. The molecule has 2 aromatic carbocycles. The van der Waals surface area contributed by atoms with Gasteiger partial charge in [-0.05, 0) is 97.9 Å². The van der Waals surface area contributed by atoms with Gasteiger partial charge in [-0.25, -0.2) is 4.79 Å². The lowest BCUT2D eigenvalue weighted by Crippen LogP contribution is -2.41. The fourth-order valence-electron chi connectivity index (χ4n) is 5.97. The maximum Gasteiger partial charge on any atom is 0.326 e. The third kappa shape index (κ3) is 9.84. The number of hydrogen-bond donors (Lipinski definition) is 3. The fraction of sp³-hybridized carbons (Fsp3) is 0.576. The van der Waals surface area contributed by atoms with Crippen LogP contribution in [0.3, 0.4) is 0 Å². The van der Waals surface area contributed by atoms with E-state index in [-0.39, 0.29) is 5.91 Å². The summed E-state index contributed by atoms with van der Waals surface area (Å²) in [5.74, 6) is 0.0495. The number of nitrogens with zero attached hydrogens (tertiary/aromatic N) is 1. The molecule has 1 saturated heterocycles. The first-order valence-corrected chi connectivity index (χ1v) is 16.3. The molecule has 3 N–H and O–H groups in total. The van der Waals surface area contributed by atoms with Gasteiger partial charge in [0.2, 0.25) is 0 Å². The highest BCUT2D eigenvalue weighted by Crippen LogP contribution is 2.30. The van der Waals surface area contributed by atoms with Crippen molar-refractivity contribution in [1.29, 1.82) is 0 Å². The van der Waals surface area contributed by atoms with Crippen LogP contribution in [0, 0.1) is 12.8 Å². The minimum Gasteiger partial charge on any atom is -0.480 e. The first kappa shape index (κ1) is 33.1. The van der Waals surface area contributed by atoms with Gasteiger partial charge in [0, 0.05) is 31.9 Å². The number of carbonyl (C=O) groups excluding carboxylic acids is 1. The number of carboxylic acid groups (broad SMARTS) is 1. The van der Waals surface area contributed by atoms with E-state index in [1.165, 1.54) is 38.5 Å². The Morgan fingerprint density at radius 1 is 1.02 bits per heavy atom. The summed E-state index contributed by atoms with van der Waals surface area (Å²) in [5.41, 5.74) is 4.59. The quantitative estimate of drug-likeness (QED) is 0.275. The second-order valence-corrected chi connectivity index (χ2v) is 12.1. The number of hydrogen-bond acceptors (Lipinski definition) is 6. The molecule has 2 atom stereocenters. The number of aliphatic hydroxyl groups excluding tert-OH is 1. The zero-order valence-electron chi connectivity index (χ0n) is 24.9. The van der Waals surface area contributed by atoms with Crippen LogP contribution >= 0.6 is 11.8 Å². The molecule has 1 unspecified atom stereocenters. The Hall–Kier alpha value is -2.39. The summed E-state index contributed by atoms with van der Waals surface area (Å²) in [6, 6.07) is 13.6. The molecular formula is C33H48N2O5S. The standard InChI is InChI=1S/C32H44N2O4S.CH4O/c1-23-9-6-7-13-27(23)29-19-25(14-15-28(29)31(35)33-30(32(36)37)16-18-39-2)20-34-17-8-12-26(34)22-38-21-24-10-4-3-5-11-24;1-2/h6-7,9,13-15,19,24,26,30H,3-5,8,10-12,16-18,20-22H2,1-2H3,(H,33,35)(H,36,37);2H,1H3/t26-,30?;/m0./s1. The van der Waals surface area contributed by atoms with Crippen molar-refractivity contribution >= 4 is 23.6 Å². The first-order valence-electron chi connectivity index (χ1n) is 14.9. The highest BCUT2D eigenvalue weighted by atomic mass is 32.2. The van der Waals surface area contributed by atoms with Gasteiger partial charge in [-0.2, -0.15) is 11.8 Å². The Balaban J connectivity index is 0.00000226. The summed E-state index contributed by atoms with van der Waals surface area (Å²) in [7, 11) is 1.00. The number of aliphatic carboxylic acids is 1. The number of rotatable bonds is 13. The number of aryl methyl sites for hydroxylation is 1. The molecule has 41 heavy (non-hydrogen) atoms. The van der Waals surface area contributed by atoms with Crippen LogP contribution in [-0.2, 0) is 16.1 Å². The molecule has 0 aromatic heterocycles. The van der Waals surface area contributed by atoms with Crippen molar-refractivity contribution in [2.24, 2.45) is 5.92 Å². The SMILES string of the molecule is CO.CSCCC(NC(=O)c1ccc(CN2CCC[C@H]2COCC2CCCCC2)cc1-c1ccccc1C)C(=O)O. The summed E-state index contributed by atoms with van der Waals surface area (Å²) in [6.07, 6.45) is 11.3. The summed E-state index contributed by atoms with van der Waals surface area (Å²) in [6.45, 7) is 5.58. The van der Waals surface area contributed by atoms with Crippen molar-refractivity contribution in [3.8, 4) is 11.1 Å². The number of nitrogens with one attached hydrogen (secondary N) is 1. The second-order valence-electron chi connectivity index (χ2n) is 11.1. The third-order valence-electron chi connectivity index (χ3n) is 8.25. The average molecular weight is 585 g/mol. The van der Waals surface area contributed by atoms with E-state index in [1.54, 1.807) is 11.8 Å². The maximum absolute atomic E-state index is 13.4. The van der Waals surface area contributed by atoms with Crippen LogP contribution in [0.5, 0.6) is 0 Å². The minimum absolute atomic E-state index is 0.344. The zero-order valence-corrected chi connectivity index (χ0v) is 25.8. The number of carboxylic acids is 1. The Kier molecular flexibility index (Phi) is 14.2. The van der Waals surface area contributed by atoms with Crippen molar-refractivity contribution in [3.05, 3.63) is 59.2 Å². The van der Waals surface area contributed by atoms with Gasteiger partial charge in [-0.15, -0.1) is 0 Å². The highest BCUT2D eigenvalue weighted by Gasteiger charge is 2.27. The summed E-state index contributed by atoms with van der Waals surface area (Å²) < 4.78 is 6.22. The largest absolute Gasteiger partial charge is 0.480 e. The van der Waals surface area contributed by atoms with Crippen LogP contribution in [0.4, 0.5) is 0 Å². The Bertz CT molecular complexity index is 1100. The topological polar surface area (TPSA) is 99.1 Å². The Labute approximate surface area is 250 Å². The van der Waals surface area contributed by atoms with Gasteiger partial charge in [0.25, 0.3) is 5.91 Å². The van der Waals surface area contributed by atoms with E-state index in [0.29, 0.717) is 23.8 Å². The van der Waals surface area contributed by atoms with Gasteiger partial charge in [0.1, 0.15) is 6.04 Å².